The Kier molecular flexibility index (Phi) is 8.94. The maximum Gasteiger partial charge on any atom is 0.573 e. The van der Waals surface area contributed by atoms with E-state index < -0.39 is 18.3 Å². The highest BCUT2D eigenvalue weighted by Crippen LogP contribution is 2.23. The molecule has 32 heavy (non-hydrogen) atoms. The molecule has 0 heterocycles. The van der Waals surface area contributed by atoms with Crippen LogP contribution in [0.1, 0.15) is 19.4 Å². The van der Waals surface area contributed by atoms with Gasteiger partial charge in [-0.2, -0.15) is 0 Å². The summed E-state index contributed by atoms with van der Waals surface area (Å²) in [5.41, 5.74) is 1.87. The minimum absolute atomic E-state index is 0.119. The molecule has 0 spiro atoms. The second kappa shape index (κ2) is 11.6. The third kappa shape index (κ3) is 8.21. The van der Waals surface area contributed by atoms with Gasteiger partial charge in [-0.25, -0.2) is 9.59 Å². The van der Waals surface area contributed by atoms with Crippen molar-refractivity contribution in [1.29, 1.82) is 0 Å². The van der Waals surface area contributed by atoms with Crippen LogP contribution < -0.4 is 15.4 Å². The van der Waals surface area contributed by atoms with Crippen molar-refractivity contribution in [2.45, 2.75) is 26.8 Å². The van der Waals surface area contributed by atoms with Gasteiger partial charge in [0.25, 0.3) is 0 Å². The van der Waals surface area contributed by atoms with Crippen LogP contribution in [0, 0.1) is 0 Å². The molecule has 0 radical (unpaired) electrons. The van der Waals surface area contributed by atoms with Crippen LogP contribution in [0.4, 0.5) is 24.5 Å². The molecule has 0 unspecified atom stereocenters. The zero-order valence-electron chi connectivity index (χ0n) is 17.5. The van der Waals surface area contributed by atoms with Gasteiger partial charge >= 0.3 is 18.3 Å². The van der Waals surface area contributed by atoms with Gasteiger partial charge in [-0.15, -0.1) is 13.2 Å². The Bertz CT molecular complexity index is 906. The molecule has 0 fully saturated rings. The van der Waals surface area contributed by atoms with Crippen molar-refractivity contribution in [2.24, 2.45) is 0 Å². The number of esters is 2. The smallest absolute Gasteiger partial charge is 0.462 e. The second-order valence-electron chi connectivity index (χ2n) is 6.27. The fraction of sp³-hybridized carbons (Fsp3) is 0.273. The molecule has 0 amide bonds. The third-order valence-corrected chi connectivity index (χ3v) is 3.91. The second-order valence-corrected chi connectivity index (χ2v) is 6.27. The first kappa shape index (κ1) is 24.6. The topological polar surface area (TPSA) is 85.9 Å². The highest BCUT2D eigenvalue weighted by molar-refractivity contribution is 6.14. The van der Waals surface area contributed by atoms with E-state index in [0.717, 1.165) is 11.3 Å². The standard InChI is InChI=1S/C22H23F3N2O5/c1-3-30-20(28)19(21(29)31-4-2)14-27-17-9-7-16(8-10-17)26-13-15-5-11-18(12-6-15)32-22(23,24)25/h5-12,14,26-27H,3-4,13H2,1-2H3. The first-order chi connectivity index (χ1) is 15.2. The van der Waals surface area contributed by atoms with Crippen molar-refractivity contribution in [1.82, 2.24) is 0 Å². The molecule has 2 aromatic carbocycles. The fourth-order valence-corrected chi connectivity index (χ4v) is 2.47. The molecular formula is C22H23F3N2O5. The first-order valence-corrected chi connectivity index (χ1v) is 9.71. The molecule has 0 aliphatic heterocycles. The molecule has 0 bridgehead atoms. The number of anilines is 2. The number of hydrogen-bond donors (Lipinski definition) is 2. The summed E-state index contributed by atoms with van der Waals surface area (Å²) in [5.74, 6) is -1.86. The van der Waals surface area contributed by atoms with Gasteiger partial charge in [-0.1, -0.05) is 12.1 Å². The average Bonchev–Trinajstić information content (AvgIpc) is 2.73. The van der Waals surface area contributed by atoms with Gasteiger partial charge < -0.3 is 24.8 Å². The van der Waals surface area contributed by atoms with Crippen LogP contribution in [0.25, 0.3) is 0 Å². The van der Waals surface area contributed by atoms with Crippen LogP contribution in [0.2, 0.25) is 0 Å². The van der Waals surface area contributed by atoms with Gasteiger partial charge in [-0.05, 0) is 55.8 Å². The number of rotatable bonds is 10. The lowest BCUT2D eigenvalue weighted by molar-refractivity contribution is -0.274. The summed E-state index contributed by atoms with van der Waals surface area (Å²) in [7, 11) is 0. The number of alkyl halides is 3. The predicted octanol–water partition coefficient (Wildman–Crippen LogP) is 4.62. The predicted molar refractivity (Wildman–Crippen MR) is 112 cm³/mol. The molecule has 0 saturated carbocycles. The van der Waals surface area contributed by atoms with Gasteiger partial charge in [0, 0.05) is 24.1 Å². The van der Waals surface area contributed by atoms with Crippen LogP contribution in [-0.4, -0.2) is 31.5 Å². The van der Waals surface area contributed by atoms with Crippen LogP contribution in [-0.2, 0) is 25.6 Å². The Hall–Kier alpha value is -3.69. The molecule has 0 atom stereocenters. The van der Waals surface area contributed by atoms with Crippen LogP contribution in [0.5, 0.6) is 5.75 Å². The average molecular weight is 452 g/mol. The number of hydrogen-bond acceptors (Lipinski definition) is 7. The van der Waals surface area contributed by atoms with Crippen molar-refractivity contribution in [3.8, 4) is 5.75 Å². The number of benzene rings is 2. The molecule has 2 aromatic rings. The minimum atomic E-state index is -4.72. The Morgan fingerprint density at radius 1 is 0.875 bits per heavy atom. The first-order valence-electron chi connectivity index (χ1n) is 9.71. The normalized spacial score (nSPS) is 10.7. The summed E-state index contributed by atoms with van der Waals surface area (Å²) in [6, 6.07) is 12.5. The van der Waals surface area contributed by atoms with E-state index in [1.54, 1.807) is 38.1 Å². The van der Waals surface area contributed by atoms with Crippen LogP contribution >= 0.6 is 0 Å². The minimum Gasteiger partial charge on any atom is -0.462 e. The largest absolute Gasteiger partial charge is 0.573 e. The Labute approximate surface area is 183 Å². The van der Waals surface area contributed by atoms with E-state index in [0.29, 0.717) is 12.2 Å². The van der Waals surface area contributed by atoms with E-state index >= 15 is 0 Å². The van der Waals surface area contributed by atoms with E-state index in [1.807, 2.05) is 0 Å². The summed E-state index contributed by atoms with van der Waals surface area (Å²) in [5, 5.41) is 5.99. The Morgan fingerprint density at radius 2 is 1.41 bits per heavy atom. The van der Waals surface area contributed by atoms with Crippen molar-refractivity contribution in [3.05, 3.63) is 65.9 Å². The van der Waals surface area contributed by atoms with Gasteiger partial charge in [0.15, 0.2) is 5.57 Å². The van der Waals surface area contributed by atoms with E-state index in [1.165, 1.54) is 30.5 Å². The summed E-state index contributed by atoms with van der Waals surface area (Å²) in [6.07, 6.45) is -3.50. The SMILES string of the molecule is CCOC(=O)C(=CNc1ccc(NCc2ccc(OC(F)(F)F)cc2)cc1)C(=O)OCC. The highest BCUT2D eigenvalue weighted by Gasteiger charge is 2.30. The molecule has 0 aromatic heterocycles. The number of nitrogens with one attached hydrogen (secondary N) is 2. The van der Waals surface area contributed by atoms with Crippen molar-refractivity contribution >= 4 is 23.3 Å². The lowest BCUT2D eigenvalue weighted by Gasteiger charge is -2.11. The fourth-order valence-electron chi connectivity index (χ4n) is 2.47. The maximum atomic E-state index is 12.2. The summed E-state index contributed by atoms with van der Waals surface area (Å²) in [6.45, 7) is 3.88. The number of halogens is 3. The Balaban J connectivity index is 1.95. The summed E-state index contributed by atoms with van der Waals surface area (Å²) in [4.78, 5) is 23.9. The van der Waals surface area contributed by atoms with Crippen molar-refractivity contribution < 1.29 is 37.0 Å². The van der Waals surface area contributed by atoms with Gasteiger partial charge in [0.2, 0.25) is 0 Å². The molecule has 0 aliphatic carbocycles. The molecule has 7 nitrogen and oxygen atoms in total. The summed E-state index contributed by atoms with van der Waals surface area (Å²) < 4.78 is 50.2. The molecule has 2 rings (SSSR count). The van der Waals surface area contributed by atoms with Gasteiger partial charge in [0.05, 0.1) is 13.2 Å². The zero-order chi connectivity index (χ0) is 23.6. The Morgan fingerprint density at radius 3 is 1.91 bits per heavy atom. The third-order valence-electron chi connectivity index (χ3n) is 3.91. The molecule has 10 heteroatoms. The van der Waals surface area contributed by atoms with Gasteiger partial charge in [-0.3, -0.25) is 0 Å². The quantitative estimate of drug-likeness (QED) is 0.235. The van der Waals surface area contributed by atoms with Crippen LogP contribution in [0.3, 0.4) is 0 Å². The van der Waals surface area contributed by atoms with Crippen LogP contribution in [0.15, 0.2) is 60.3 Å². The highest BCUT2D eigenvalue weighted by atomic mass is 19.4. The molecule has 0 aliphatic rings. The number of carbonyl (C=O) groups is 2. The lowest BCUT2D eigenvalue weighted by Crippen LogP contribution is -2.19. The molecular weight excluding hydrogens is 429 g/mol. The number of carbonyl (C=O) groups excluding carboxylic acids is 2. The maximum absolute atomic E-state index is 12.2. The molecule has 0 saturated heterocycles. The van der Waals surface area contributed by atoms with E-state index in [2.05, 4.69) is 15.4 Å². The van der Waals surface area contributed by atoms with Crippen molar-refractivity contribution in [3.63, 3.8) is 0 Å². The van der Waals surface area contributed by atoms with Crippen molar-refractivity contribution in [2.75, 3.05) is 23.8 Å². The zero-order valence-corrected chi connectivity index (χ0v) is 17.5. The van der Waals surface area contributed by atoms with Gasteiger partial charge in [0.1, 0.15) is 5.75 Å². The van der Waals surface area contributed by atoms with E-state index in [4.69, 9.17) is 9.47 Å². The molecule has 172 valence electrons. The number of ether oxygens (including phenoxy) is 3. The monoisotopic (exact) mass is 452 g/mol. The molecule has 2 N–H and O–H groups in total. The summed E-state index contributed by atoms with van der Waals surface area (Å²) >= 11 is 0. The van der Waals surface area contributed by atoms with E-state index in [-0.39, 0.29) is 24.5 Å². The lowest BCUT2D eigenvalue weighted by atomic mass is 10.2. The van der Waals surface area contributed by atoms with E-state index in [9.17, 15) is 22.8 Å².